The lowest BCUT2D eigenvalue weighted by Gasteiger charge is -2.05. The minimum Gasteiger partial charge on any atom is -0.497 e. The van der Waals surface area contributed by atoms with E-state index >= 15 is 0 Å². The number of hydrogen-bond donors (Lipinski definition) is 0. The number of benzene rings is 1. The molecule has 0 aliphatic carbocycles. The van der Waals surface area contributed by atoms with Crippen LogP contribution in [0.25, 0.3) is 0 Å². The van der Waals surface area contributed by atoms with Crippen molar-refractivity contribution in [3.05, 3.63) is 36.8 Å². The van der Waals surface area contributed by atoms with Gasteiger partial charge >= 0.3 is 0 Å². The van der Waals surface area contributed by atoms with Crippen molar-refractivity contribution in [2.45, 2.75) is 57.8 Å². The Bertz CT molecular complexity index is 332. The highest BCUT2D eigenvalue weighted by Crippen LogP contribution is 2.14. The molecule has 2 nitrogen and oxygen atoms in total. The largest absolute Gasteiger partial charge is 0.497 e. The van der Waals surface area contributed by atoms with Gasteiger partial charge in [0.2, 0.25) is 0 Å². The highest BCUT2D eigenvalue weighted by atomic mass is 16.5. The molecule has 0 aliphatic rings. The van der Waals surface area contributed by atoms with Crippen LogP contribution in [-0.4, -0.2) is 20.3 Å². The summed E-state index contributed by atoms with van der Waals surface area (Å²) in [6.07, 6.45) is 10.9. The molecule has 119 valence electrons. The van der Waals surface area contributed by atoms with Crippen LogP contribution in [0.15, 0.2) is 24.3 Å². The van der Waals surface area contributed by atoms with Crippen LogP contribution in [0.2, 0.25) is 0 Å². The number of aryl methyl sites for hydroxylation is 1. The van der Waals surface area contributed by atoms with Crippen LogP contribution < -0.4 is 4.74 Å². The molecule has 1 aromatic rings. The van der Waals surface area contributed by atoms with Gasteiger partial charge in [-0.3, -0.25) is 0 Å². The van der Waals surface area contributed by atoms with E-state index in [4.69, 9.17) is 9.47 Å². The molecule has 0 unspecified atom stereocenters. The monoisotopic (exact) mass is 291 g/mol. The van der Waals surface area contributed by atoms with Crippen molar-refractivity contribution in [2.24, 2.45) is 0 Å². The number of methoxy groups -OCH3 is 1. The topological polar surface area (TPSA) is 18.5 Å². The van der Waals surface area contributed by atoms with Crippen LogP contribution in [0, 0.1) is 6.92 Å². The minimum atomic E-state index is 0.910. The van der Waals surface area contributed by atoms with E-state index in [2.05, 4.69) is 19.1 Å². The van der Waals surface area contributed by atoms with E-state index < -0.39 is 0 Å². The average molecular weight is 291 g/mol. The van der Waals surface area contributed by atoms with Gasteiger partial charge < -0.3 is 9.47 Å². The molecule has 1 radical (unpaired) electrons. The summed E-state index contributed by atoms with van der Waals surface area (Å²) in [6, 6.07) is 8.42. The predicted molar refractivity (Wildman–Crippen MR) is 89.8 cm³/mol. The molecular formula is C19H31O2. The molecule has 0 saturated carbocycles. The van der Waals surface area contributed by atoms with Gasteiger partial charge in [-0.25, -0.2) is 0 Å². The van der Waals surface area contributed by atoms with Crippen molar-refractivity contribution in [3.63, 3.8) is 0 Å². The van der Waals surface area contributed by atoms with Crippen molar-refractivity contribution in [3.8, 4) is 5.75 Å². The van der Waals surface area contributed by atoms with E-state index in [0.29, 0.717) is 0 Å². The smallest absolute Gasteiger partial charge is 0.118 e. The van der Waals surface area contributed by atoms with Gasteiger partial charge in [-0.2, -0.15) is 0 Å². The Hall–Kier alpha value is -1.02. The summed E-state index contributed by atoms with van der Waals surface area (Å²) in [5.41, 5.74) is 1.41. The second-order valence-electron chi connectivity index (χ2n) is 5.54. The zero-order chi connectivity index (χ0) is 15.2. The second-order valence-corrected chi connectivity index (χ2v) is 5.54. The van der Waals surface area contributed by atoms with Crippen molar-refractivity contribution in [2.75, 3.05) is 20.3 Å². The normalized spacial score (nSPS) is 10.8. The Morgan fingerprint density at radius 3 is 2.10 bits per heavy atom. The predicted octanol–water partition coefficient (Wildman–Crippen LogP) is 5.21. The van der Waals surface area contributed by atoms with Gasteiger partial charge in [0.05, 0.1) is 7.11 Å². The average Bonchev–Trinajstić information content (AvgIpc) is 2.53. The zero-order valence-electron chi connectivity index (χ0n) is 13.6. The van der Waals surface area contributed by atoms with Gasteiger partial charge in [0.15, 0.2) is 0 Å². The van der Waals surface area contributed by atoms with Gasteiger partial charge in [-0.05, 0) is 43.4 Å². The SMILES string of the molecule is [CH2]CCCCOCCCCCCCc1ccc(OC)cc1. The molecule has 0 saturated heterocycles. The molecule has 0 bridgehead atoms. The Labute approximate surface area is 130 Å². The van der Waals surface area contributed by atoms with Gasteiger partial charge in [0, 0.05) is 13.2 Å². The fourth-order valence-electron chi connectivity index (χ4n) is 2.34. The van der Waals surface area contributed by atoms with Crippen LogP contribution in [0.3, 0.4) is 0 Å². The number of hydrogen-bond acceptors (Lipinski definition) is 2. The molecule has 1 rings (SSSR count). The highest BCUT2D eigenvalue weighted by Gasteiger charge is 1.96. The van der Waals surface area contributed by atoms with Crippen LogP contribution in [0.4, 0.5) is 0 Å². The van der Waals surface area contributed by atoms with Gasteiger partial charge in [-0.1, -0.05) is 51.2 Å². The molecule has 21 heavy (non-hydrogen) atoms. The van der Waals surface area contributed by atoms with E-state index in [1.165, 1.54) is 50.5 Å². The summed E-state index contributed by atoms with van der Waals surface area (Å²) in [5.74, 6) is 0.939. The molecule has 0 fully saturated rings. The first-order chi connectivity index (χ1) is 10.4. The molecule has 1 aromatic carbocycles. The second kappa shape index (κ2) is 12.7. The number of unbranched alkanes of at least 4 members (excludes halogenated alkanes) is 6. The molecule has 0 aliphatic heterocycles. The van der Waals surface area contributed by atoms with Crippen molar-refractivity contribution < 1.29 is 9.47 Å². The summed E-state index contributed by atoms with van der Waals surface area (Å²) in [6.45, 7) is 5.67. The van der Waals surface area contributed by atoms with E-state index in [0.717, 1.165) is 31.8 Å². The first-order valence-electron chi connectivity index (χ1n) is 8.36. The van der Waals surface area contributed by atoms with E-state index in [1.54, 1.807) is 7.11 Å². The molecule has 2 heteroatoms. The Kier molecular flexibility index (Phi) is 10.9. The van der Waals surface area contributed by atoms with Crippen LogP contribution >= 0.6 is 0 Å². The van der Waals surface area contributed by atoms with Crippen molar-refractivity contribution >= 4 is 0 Å². The summed E-state index contributed by atoms with van der Waals surface area (Å²) in [5, 5.41) is 0. The summed E-state index contributed by atoms with van der Waals surface area (Å²) in [4.78, 5) is 0. The van der Waals surface area contributed by atoms with E-state index in [1.807, 2.05) is 12.1 Å². The van der Waals surface area contributed by atoms with E-state index in [-0.39, 0.29) is 0 Å². The molecule has 0 aromatic heterocycles. The molecule has 0 amide bonds. The maximum absolute atomic E-state index is 5.59. The Morgan fingerprint density at radius 2 is 1.43 bits per heavy atom. The lowest BCUT2D eigenvalue weighted by Crippen LogP contribution is -1.97. The summed E-state index contributed by atoms with van der Waals surface area (Å²) < 4.78 is 10.8. The third kappa shape index (κ3) is 9.52. The summed E-state index contributed by atoms with van der Waals surface area (Å²) in [7, 11) is 1.71. The third-order valence-electron chi connectivity index (χ3n) is 3.70. The first kappa shape index (κ1) is 18.0. The van der Waals surface area contributed by atoms with Crippen LogP contribution in [0.1, 0.15) is 56.9 Å². The minimum absolute atomic E-state index is 0.910. The van der Waals surface area contributed by atoms with Crippen molar-refractivity contribution in [1.82, 2.24) is 0 Å². The maximum atomic E-state index is 5.59. The Balaban J connectivity index is 1.88. The standard InChI is InChI=1S/C19H31O2/c1-3-4-9-16-21-17-10-7-5-6-8-11-18-12-14-19(20-2)15-13-18/h12-15H,1,3-11,16-17H2,2H3. The van der Waals surface area contributed by atoms with Crippen molar-refractivity contribution in [1.29, 1.82) is 0 Å². The van der Waals surface area contributed by atoms with E-state index in [9.17, 15) is 0 Å². The van der Waals surface area contributed by atoms with Gasteiger partial charge in [0.1, 0.15) is 5.75 Å². The molecule has 0 N–H and O–H groups in total. The maximum Gasteiger partial charge on any atom is 0.118 e. The fraction of sp³-hybridized carbons (Fsp3) is 0.632. The molecule has 0 spiro atoms. The third-order valence-corrected chi connectivity index (χ3v) is 3.70. The number of rotatable bonds is 13. The zero-order valence-corrected chi connectivity index (χ0v) is 13.6. The molecular weight excluding hydrogens is 260 g/mol. The molecule has 0 atom stereocenters. The summed E-state index contributed by atoms with van der Waals surface area (Å²) >= 11 is 0. The van der Waals surface area contributed by atoms with Gasteiger partial charge in [-0.15, -0.1) is 0 Å². The quantitative estimate of drug-likeness (QED) is 0.464. The fourth-order valence-corrected chi connectivity index (χ4v) is 2.34. The molecule has 0 heterocycles. The number of ether oxygens (including phenoxy) is 2. The lowest BCUT2D eigenvalue weighted by molar-refractivity contribution is 0.126. The van der Waals surface area contributed by atoms with Crippen LogP contribution in [-0.2, 0) is 11.2 Å². The van der Waals surface area contributed by atoms with Gasteiger partial charge in [0.25, 0.3) is 0 Å². The highest BCUT2D eigenvalue weighted by molar-refractivity contribution is 5.27. The lowest BCUT2D eigenvalue weighted by atomic mass is 10.1. The first-order valence-corrected chi connectivity index (χ1v) is 8.36. The van der Waals surface area contributed by atoms with Crippen LogP contribution in [0.5, 0.6) is 5.75 Å². The Morgan fingerprint density at radius 1 is 0.810 bits per heavy atom.